The highest BCUT2D eigenvalue weighted by Crippen LogP contribution is 2.28. The number of ether oxygens (including phenoxy) is 1. The normalized spacial score (nSPS) is 13.7. The first kappa shape index (κ1) is 20.9. The Hall–Kier alpha value is -3.35. The molecule has 0 aliphatic carbocycles. The molecule has 11 heteroatoms. The number of benzene rings is 1. The number of carbonyl (C=O) groups is 1. The zero-order chi connectivity index (χ0) is 21.8. The number of halogens is 2. The van der Waals surface area contributed by atoms with E-state index in [-0.39, 0.29) is 29.1 Å². The lowest BCUT2D eigenvalue weighted by Gasteiger charge is -2.35. The summed E-state index contributed by atoms with van der Waals surface area (Å²) in [6, 6.07) is 11.0. The van der Waals surface area contributed by atoms with E-state index < -0.39 is 0 Å². The second-order valence-electron chi connectivity index (χ2n) is 6.67. The molecule has 1 aromatic carbocycles. The van der Waals surface area contributed by atoms with Gasteiger partial charge in [0.15, 0.2) is 11.4 Å². The summed E-state index contributed by atoms with van der Waals surface area (Å²) in [5, 5.41) is 14.7. The van der Waals surface area contributed by atoms with Crippen molar-refractivity contribution in [1.82, 2.24) is 24.6 Å². The molecule has 1 amide bonds. The van der Waals surface area contributed by atoms with E-state index in [0.29, 0.717) is 37.0 Å². The smallest absolute Gasteiger partial charge is 0.244 e. The van der Waals surface area contributed by atoms with Crippen LogP contribution in [-0.4, -0.2) is 62.6 Å². The maximum Gasteiger partial charge on any atom is 0.244 e. The average molecular weight is 458 g/mol. The minimum atomic E-state index is -0.107. The summed E-state index contributed by atoms with van der Waals surface area (Å²) in [4.78, 5) is 23.8. The molecule has 1 fully saturated rings. The van der Waals surface area contributed by atoms with Crippen LogP contribution >= 0.6 is 23.2 Å². The molecule has 158 valence electrons. The average Bonchev–Trinajstić information content (AvgIpc) is 3.27. The number of nitriles is 1. The van der Waals surface area contributed by atoms with Crippen molar-refractivity contribution in [3.05, 3.63) is 53.4 Å². The van der Waals surface area contributed by atoms with Crippen LogP contribution in [0.4, 0.5) is 5.82 Å². The van der Waals surface area contributed by atoms with Gasteiger partial charge in [-0.25, -0.2) is 14.6 Å². The minimum Gasteiger partial charge on any atom is -0.417 e. The van der Waals surface area contributed by atoms with Crippen LogP contribution in [0, 0.1) is 11.3 Å². The number of hydrogen-bond acceptors (Lipinski definition) is 7. The van der Waals surface area contributed by atoms with Crippen molar-refractivity contribution in [3.8, 4) is 23.5 Å². The third-order valence-corrected chi connectivity index (χ3v) is 5.29. The predicted molar refractivity (Wildman–Crippen MR) is 115 cm³/mol. The molecule has 3 aromatic rings. The molecule has 0 saturated carbocycles. The van der Waals surface area contributed by atoms with Crippen molar-refractivity contribution in [2.24, 2.45) is 0 Å². The highest BCUT2D eigenvalue weighted by atomic mass is 35.5. The van der Waals surface area contributed by atoms with E-state index in [1.165, 1.54) is 6.33 Å². The van der Waals surface area contributed by atoms with E-state index in [2.05, 4.69) is 21.1 Å². The minimum absolute atomic E-state index is 0.0440. The lowest BCUT2D eigenvalue weighted by Crippen LogP contribution is -2.49. The lowest BCUT2D eigenvalue weighted by molar-refractivity contribution is -0.128. The van der Waals surface area contributed by atoms with Crippen LogP contribution in [0.1, 0.15) is 5.56 Å². The maximum atomic E-state index is 11.8. The van der Waals surface area contributed by atoms with E-state index in [1.54, 1.807) is 34.0 Å². The molecule has 3 heterocycles. The zero-order valence-electron chi connectivity index (χ0n) is 16.3. The number of hydrogen-bond donors (Lipinski definition) is 0. The van der Waals surface area contributed by atoms with Crippen LogP contribution in [0.25, 0.3) is 5.69 Å². The summed E-state index contributed by atoms with van der Waals surface area (Å²) in [7, 11) is 0. The second-order valence-corrected chi connectivity index (χ2v) is 7.37. The Morgan fingerprint density at radius 2 is 1.87 bits per heavy atom. The molecule has 1 saturated heterocycles. The van der Waals surface area contributed by atoms with Gasteiger partial charge >= 0.3 is 0 Å². The fourth-order valence-electron chi connectivity index (χ4n) is 3.23. The molecular weight excluding hydrogens is 441 g/mol. The van der Waals surface area contributed by atoms with Gasteiger partial charge in [-0.15, -0.1) is 16.7 Å². The van der Waals surface area contributed by atoms with Crippen molar-refractivity contribution in [2.75, 3.05) is 37.0 Å². The summed E-state index contributed by atoms with van der Waals surface area (Å²) < 4.78 is 7.43. The molecule has 1 aliphatic rings. The number of rotatable bonds is 5. The molecule has 0 bridgehead atoms. The standard InChI is InChI=1S/C20H17Cl2N7O2/c21-11-18(30)27-7-9-28(10-8-27)19-16(12-23)20(25-13-24-19)31-17-5-6-29(26-17)15-3-1-14(22)2-4-15/h1-6,13H,7-11H2. The van der Waals surface area contributed by atoms with Gasteiger partial charge in [-0.05, 0) is 24.3 Å². The Bertz CT molecular complexity index is 1120. The molecule has 31 heavy (non-hydrogen) atoms. The number of anilines is 1. The predicted octanol–water partition coefficient (Wildman–Crippen LogP) is 2.87. The van der Waals surface area contributed by atoms with Crippen molar-refractivity contribution < 1.29 is 9.53 Å². The molecular formula is C20H17Cl2N7O2. The third kappa shape index (κ3) is 4.55. The van der Waals surface area contributed by atoms with Gasteiger partial charge in [-0.3, -0.25) is 4.79 Å². The van der Waals surface area contributed by atoms with Gasteiger partial charge in [0, 0.05) is 43.5 Å². The van der Waals surface area contributed by atoms with E-state index in [4.69, 9.17) is 27.9 Å². The van der Waals surface area contributed by atoms with Gasteiger partial charge in [0.2, 0.25) is 17.7 Å². The summed E-state index contributed by atoms with van der Waals surface area (Å²) in [5.74, 6) is 0.714. The van der Waals surface area contributed by atoms with Crippen molar-refractivity contribution in [1.29, 1.82) is 5.26 Å². The van der Waals surface area contributed by atoms with E-state index in [0.717, 1.165) is 5.69 Å². The van der Waals surface area contributed by atoms with E-state index >= 15 is 0 Å². The molecule has 1 aliphatic heterocycles. The first-order chi connectivity index (χ1) is 15.1. The van der Waals surface area contributed by atoms with E-state index in [1.807, 2.05) is 17.0 Å². The molecule has 0 radical (unpaired) electrons. The number of amides is 1. The van der Waals surface area contributed by atoms with Gasteiger partial charge in [-0.2, -0.15) is 5.26 Å². The fourth-order valence-corrected chi connectivity index (χ4v) is 3.52. The molecule has 9 nitrogen and oxygen atoms in total. The SMILES string of the molecule is N#Cc1c(Oc2ccn(-c3ccc(Cl)cc3)n2)ncnc1N1CCN(C(=O)CCl)CC1. The topological polar surface area (TPSA) is 100 Å². The van der Waals surface area contributed by atoms with Crippen molar-refractivity contribution in [3.63, 3.8) is 0 Å². The summed E-state index contributed by atoms with van der Waals surface area (Å²) in [6.07, 6.45) is 3.08. The van der Waals surface area contributed by atoms with Crippen molar-refractivity contribution in [2.45, 2.75) is 0 Å². The van der Waals surface area contributed by atoms with Gasteiger partial charge in [0.05, 0.1) is 5.69 Å². The van der Waals surface area contributed by atoms with Gasteiger partial charge in [0.1, 0.15) is 18.3 Å². The number of alkyl halides is 1. The molecule has 0 spiro atoms. The monoisotopic (exact) mass is 457 g/mol. The van der Waals surface area contributed by atoms with Crippen LogP contribution in [-0.2, 0) is 4.79 Å². The summed E-state index contributed by atoms with van der Waals surface area (Å²) in [6.45, 7) is 2.06. The quantitative estimate of drug-likeness (QED) is 0.542. The Kier molecular flexibility index (Phi) is 6.21. The summed E-state index contributed by atoms with van der Waals surface area (Å²) in [5.41, 5.74) is 1.02. The Morgan fingerprint density at radius 1 is 1.13 bits per heavy atom. The fraction of sp³-hybridized carbons (Fsp3) is 0.250. The molecule has 4 rings (SSSR count). The van der Waals surface area contributed by atoms with Crippen LogP contribution < -0.4 is 9.64 Å². The highest BCUT2D eigenvalue weighted by Gasteiger charge is 2.25. The number of carbonyl (C=O) groups excluding carboxylic acids is 1. The summed E-state index contributed by atoms with van der Waals surface area (Å²) >= 11 is 11.6. The zero-order valence-corrected chi connectivity index (χ0v) is 17.8. The van der Waals surface area contributed by atoms with Crippen LogP contribution in [0.5, 0.6) is 11.8 Å². The molecule has 0 N–H and O–H groups in total. The van der Waals surface area contributed by atoms with Gasteiger partial charge in [0.25, 0.3) is 0 Å². The van der Waals surface area contributed by atoms with Gasteiger partial charge in [-0.1, -0.05) is 11.6 Å². The maximum absolute atomic E-state index is 11.8. The number of nitrogens with zero attached hydrogens (tertiary/aromatic N) is 7. The second kappa shape index (κ2) is 9.20. The van der Waals surface area contributed by atoms with Crippen LogP contribution in [0.15, 0.2) is 42.9 Å². The molecule has 0 unspecified atom stereocenters. The Labute approximate surface area is 188 Å². The van der Waals surface area contributed by atoms with E-state index in [9.17, 15) is 10.1 Å². The molecule has 0 atom stereocenters. The Balaban J connectivity index is 1.52. The largest absolute Gasteiger partial charge is 0.417 e. The highest BCUT2D eigenvalue weighted by molar-refractivity contribution is 6.30. The first-order valence-corrected chi connectivity index (χ1v) is 10.3. The van der Waals surface area contributed by atoms with Crippen LogP contribution in [0.3, 0.4) is 0 Å². The van der Waals surface area contributed by atoms with Gasteiger partial charge < -0.3 is 14.5 Å². The lowest BCUT2D eigenvalue weighted by atomic mass is 10.2. The third-order valence-electron chi connectivity index (χ3n) is 4.81. The first-order valence-electron chi connectivity index (χ1n) is 9.42. The molecule has 2 aromatic heterocycles. The number of aromatic nitrogens is 4. The van der Waals surface area contributed by atoms with Crippen LogP contribution in [0.2, 0.25) is 5.02 Å². The van der Waals surface area contributed by atoms with Crippen molar-refractivity contribution >= 4 is 34.9 Å². The Morgan fingerprint density at radius 3 is 2.55 bits per heavy atom. The number of piperazine rings is 1.